The zero-order valence-electron chi connectivity index (χ0n) is 17.2. The van der Waals surface area contributed by atoms with Gasteiger partial charge >= 0.3 is 0 Å². The number of nitrogens with zero attached hydrogens (tertiary/aromatic N) is 4. The fourth-order valence-corrected chi connectivity index (χ4v) is 4.89. The van der Waals surface area contributed by atoms with E-state index in [4.69, 9.17) is 0 Å². The Kier molecular flexibility index (Phi) is 6.18. The average molecular weight is 425 g/mol. The zero-order chi connectivity index (χ0) is 21.1. The number of halogens is 1. The molecule has 2 atom stereocenters. The van der Waals surface area contributed by atoms with Gasteiger partial charge in [0.2, 0.25) is 5.91 Å². The molecule has 156 valence electrons. The van der Waals surface area contributed by atoms with Crippen LogP contribution in [0.5, 0.6) is 0 Å². The Bertz CT molecular complexity index is 996. The van der Waals surface area contributed by atoms with Gasteiger partial charge in [0.05, 0.1) is 5.75 Å². The highest BCUT2D eigenvalue weighted by Gasteiger charge is 2.29. The molecule has 5 nitrogen and oxygen atoms in total. The van der Waals surface area contributed by atoms with Crippen LogP contribution in [0.2, 0.25) is 0 Å². The molecule has 1 fully saturated rings. The van der Waals surface area contributed by atoms with Crippen molar-refractivity contribution < 1.29 is 9.18 Å². The Morgan fingerprint density at radius 1 is 1.03 bits per heavy atom. The topological polar surface area (TPSA) is 51.0 Å². The Balaban J connectivity index is 1.62. The summed E-state index contributed by atoms with van der Waals surface area (Å²) >= 11 is 1.39. The molecule has 1 amide bonds. The summed E-state index contributed by atoms with van der Waals surface area (Å²) in [6.45, 7) is 4.24. The summed E-state index contributed by atoms with van der Waals surface area (Å²) in [6, 6.07) is 16.5. The van der Waals surface area contributed by atoms with Crippen molar-refractivity contribution in [3.05, 3.63) is 60.4 Å². The predicted molar refractivity (Wildman–Crippen MR) is 117 cm³/mol. The average Bonchev–Trinajstić information content (AvgIpc) is 3.17. The van der Waals surface area contributed by atoms with E-state index in [1.165, 1.54) is 30.3 Å². The van der Waals surface area contributed by atoms with Crippen molar-refractivity contribution in [3.8, 4) is 17.1 Å². The first kappa shape index (κ1) is 20.6. The van der Waals surface area contributed by atoms with Crippen molar-refractivity contribution >= 4 is 17.7 Å². The van der Waals surface area contributed by atoms with Gasteiger partial charge in [-0.1, -0.05) is 30.0 Å². The number of amides is 1. The van der Waals surface area contributed by atoms with Crippen molar-refractivity contribution in [2.24, 2.45) is 0 Å². The quantitative estimate of drug-likeness (QED) is 0.544. The molecule has 0 saturated carbocycles. The molecular weight excluding hydrogens is 399 g/mol. The van der Waals surface area contributed by atoms with Gasteiger partial charge in [-0.05, 0) is 69.5 Å². The van der Waals surface area contributed by atoms with E-state index in [1.54, 1.807) is 12.1 Å². The smallest absolute Gasteiger partial charge is 0.233 e. The van der Waals surface area contributed by atoms with Gasteiger partial charge < -0.3 is 4.90 Å². The summed E-state index contributed by atoms with van der Waals surface area (Å²) in [5.74, 6) is 0.763. The van der Waals surface area contributed by atoms with Crippen molar-refractivity contribution in [2.45, 2.75) is 50.4 Å². The number of hydrogen-bond acceptors (Lipinski definition) is 4. The normalized spacial score (nSPS) is 19.1. The molecule has 2 aromatic carbocycles. The van der Waals surface area contributed by atoms with Crippen molar-refractivity contribution in [3.63, 3.8) is 0 Å². The molecule has 4 rings (SSSR count). The monoisotopic (exact) mass is 424 g/mol. The lowest BCUT2D eigenvalue weighted by Gasteiger charge is -2.39. The Morgan fingerprint density at radius 2 is 1.70 bits per heavy atom. The number of para-hydroxylation sites is 1. The minimum atomic E-state index is -0.297. The summed E-state index contributed by atoms with van der Waals surface area (Å²) < 4.78 is 15.3. The molecular formula is C23H25FN4OS. The highest BCUT2D eigenvalue weighted by Crippen LogP contribution is 2.29. The number of rotatable bonds is 5. The maximum Gasteiger partial charge on any atom is 0.233 e. The van der Waals surface area contributed by atoms with Crippen LogP contribution in [0.4, 0.5) is 4.39 Å². The van der Waals surface area contributed by atoms with Crippen LogP contribution in [0.15, 0.2) is 59.8 Å². The molecule has 1 saturated heterocycles. The van der Waals surface area contributed by atoms with E-state index in [1.807, 2.05) is 39.8 Å². The number of hydrogen-bond donors (Lipinski definition) is 0. The molecule has 1 aliphatic rings. The molecule has 0 aliphatic carbocycles. The molecule has 0 spiro atoms. The third-order valence-corrected chi connectivity index (χ3v) is 6.47. The molecule has 2 heterocycles. The van der Waals surface area contributed by atoms with E-state index in [9.17, 15) is 9.18 Å². The second kappa shape index (κ2) is 9.00. The minimum Gasteiger partial charge on any atom is -0.337 e. The van der Waals surface area contributed by atoms with Crippen molar-refractivity contribution in [2.75, 3.05) is 5.75 Å². The third kappa shape index (κ3) is 4.26. The van der Waals surface area contributed by atoms with Crippen LogP contribution >= 0.6 is 11.8 Å². The van der Waals surface area contributed by atoms with Crippen molar-refractivity contribution in [1.29, 1.82) is 0 Å². The summed E-state index contributed by atoms with van der Waals surface area (Å²) in [6.07, 6.45) is 3.27. The molecule has 0 N–H and O–H groups in total. The van der Waals surface area contributed by atoms with Gasteiger partial charge in [0.25, 0.3) is 0 Å². The van der Waals surface area contributed by atoms with Crippen LogP contribution in [0.25, 0.3) is 17.1 Å². The van der Waals surface area contributed by atoms with Crippen LogP contribution in [-0.2, 0) is 4.79 Å². The number of carbonyl (C=O) groups excluding carboxylic acids is 1. The molecule has 3 aromatic rings. The van der Waals surface area contributed by atoms with Crippen LogP contribution in [0.3, 0.4) is 0 Å². The first-order valence-corrected chi connectivity index (χ1v) is 11.2. The van der Waals surface area contributed by atoms with Gasteiger partial charge in [-0.15, -0.1) is 10.2 Å². The third-order valence-electron chi connectivity index (χ3n) is 5.56. The number of benzene rings is 2. The fraction of sp³-hybridized carbons (Fsp3) is 0.348. The van der Waals surface area contributed by atoms with E-state index in [-0.39, 0.29) is 23.8 Å². The number of likely N-dealkylation sites (tertiary alicyclic amines) is 1. The Labute approximate surface area is 180 Å². The molecule has 7 heteroatoms. The lowest BCUT2D eigenvalue weighted by atomic mass is 9.98. The second-order valence-electron chi connectivity index (χ2n) is 7.70. The van der Waals surface area contributed by atoms with Gasteiger partial charge in [0.1, 0.15) is 5.82 Å². The first-order chi connectivity index (χ1) is 14.5. The predicted octanol–water partition coefficient (Wildman–Crippen LogP) is 4.96. The lowest BCUT2D eigenvalue weighted by Crippen LogP contribution is -2.48. The van der Waals surface area contributed by atoms with Crippen LogP contribution < -0.4 is 0 Å². The molecule has 1 aliphatic heterocycles. The highest BCUT2D eigenvalue weighted by molar-refractivity contribution is 7.99. The summed E-state index contributed by atoms with van der Waals surface area (Å²) in [4.78, 5) is 15.0. The van der Waals surface area contributed by atoms with E-state index < -0.39 is 0 Å². The maximum absolute atomic E-state index is 13.4. The number of aromatic nitrogens is 3. The van der Waals surface area contributed by atoms with E-state index in [0.717, 1.165) is 24.1 Å². The van der Waals surface area contributed by atoms with E-state index >= 15 is 0 Å². The van der Waals surface area contributed by atoms with Crippen LogP contribution in [0.1, 0.15) is 33.1 Å². The molecule has 2 unspecified atom stereocenters. The van der Waals surface area contributed by atoms with Gasteiger partial charge in [-0.25, -0.2) is 4.39 Å². The minimum absolute atomic E-state index is 0.130. The maximum atomic E-state index is 13.4. The Morgan fingerprint density at radius 3 is 2.37 bits per heavy atom. The molecule has 1 aromatic heterocycles. The van der Waals surface area contributed by atoms with Gasteiger partial charge in [0, 0.05) is 23.3 Å². The van der Waals surface area contributed by atoms with E-state index in [2.05, 4.69) is 24.0 Å². The first-order valence-electron chi connectivity index (χ1n) is 10.3. The highest BCUT2D eigenvalue weighted by atomic mass is 32.2. The molecule has 0 radical (unpaired) electrons. The van der Waals surface area contributed by atoms with Gasteiger partial charge in [-0.2, -0.15) is 0 Å². The number of carbonyl (C=O) groups is 1. The number of piperidine rings is 1. The summed E-state index contributed by atoms with van der Waals surface area (Å²) in [5.41, 5.74) is 1.67. The van der Waals surface area contributed by atoms with Gasteiger partial charge in [-0.3, -0.25) is 9.36 Å². The van der Waals surface area contributed by atoms with Gasteiger partial charge in [0.15, 0.2) is 11.0 Å². The molecule has 0 bridgehead atoms. The van der Waals surface area contributed by atoms with Crippen LogP contribution in [-0.4, -0.2) is 43.4 Å². The second-order valence-corrected chi connectivity index (χ2v) is 8.65. The SMILES string of the molecule is CC1CCCC(C)N1C(=O)CSc1nnc(-c2ccc(F)cc2)n1-c1ccccc1. The standard InChI is InChI=1S/C23H25FN4OS/c1-16-7-6-8-17(2)27(16)21(29)15-30-23-26-25-22(18-11-13-19(24)14-12-18)28(23)20-9-4-3-5-10-20/h3-5,9-14,16-17H,6-8,15H2,1-2H3. The molecule has 30 heavy (non-hydrogen) atoms. The Hall–Kier alpha value is -2.67. The fourth-order valence-electron chi connectivity index (χ4n) is 4.07. The van der Waals surface area contributed by atoms with E-state index in [0.29, 0.717) is 16.7 Å². The summed E-state index contributed by atoms with van der Waals surface area (Å²) in [5, 5.41) is 9.36. The van der Waals surface area contributed by atoms with Crippen molar-refractivity contribution in [1.82, 2.24) is 19.7 Å². The summed E-state index contributed by atoms with van der Waals surface area (Å²) in [7, 11) is 0. The lowest BCUT2D eigenvalue weighted by molar-refractivity contribution is -0.134. The largest absolute Gasteiger partial charge is 0.337 e. The van der Waals surface area contributed by atoms with Crippen LogP contribution in [0, 0.1) is 5.82 Å². The zero-order valence-corrected chi connectivity index (χ0v) is 18.0. The number of thioether (sulfide) groups is 1.